The average molecular weight is 102 g/mol. The van der Waals surface area contributed by atoms with Crippen LogP contribution in [0, 0.1) is 0 Å². The standard InChI is InChI=1S/C4H6OS/c1-2-5-3-4-6/h2,4H,1,3H2. The Kier molecular flexibility index (Phi) is 4.34. The van der Waals surface area contributed by atoms with E-state index >= 15 is 0 Å². The van der Waals surface area contributed by atoms with Crippen LogP contribution in [0.15, 0.2) is 12.8 Å². The van der Waals surface area contributed by atoms with Crippen LogP contribution in [-0.2, 0) is 4.74 Å². The quantitative estimate of drug-likeness (QED) is 0.300. The first-order chi connectivity index (χ1) is 2.91. The molecular weight excluding hydrogens is 96.1 g/mol. The molecule has 0 atom stereocenters. The van der Waals surface area contributed by atoms with Gasteiger partial charge in [0.15, 0.2) is 0 Å². The van der Waals surface area contributed by atoms with Crippen molar-refractivity contribution in [2.45, 2.75) is 0 Å². The third kappa shape index (κ3) is 3.63. The first kappa shape index (κ1) is 5.63. The molecule has 0 aromatic carbocycles. The molecule has 0 saturated heterocycles. The Balaban J connectivity index is 2.66. The van der Waals surface area contributed by atoms with E-state index in [0.717, 1.165) is 0 Å². The lowest BCUT2D eigenvalue weighted by Crippen LogP contribution is -1.81. The molecule has 0 unspecified atom stereocenters. The van der Waals surface area contributed by atoms with Gasteiger partial charge in [-0.15, -0.1) is 0 Å². The summed E-state index contributed by atoms with van der Waals surface area (Å²) in [6.07, 6.45) is 1.36. The molecule has 0 aromatic rings. The predicted molar refractivity (Wildman–Crippen MR) is 29.8 cm³/mol. The lowest BCUT2D eigenvalue weighted by Gasteiger charge is -1.85. The van der Waals surface area contributed by atoms with Crippen LogP contribution >= 0.6 is 12.2 Å². The average Bonchev–Trinajstić information content (AvgIpc) is 1.61. The lowest BCUT2D eigenvalue weighted by atomic mass is 10.9. The van der Waals surface area contributed by atoms with Crippen LogP contribution in [0.1, 0.15) is 0 Å². The zero-order valence-electron chi connectivity index (χ0n) is 3.39. The van der Waals surface area contributed by atoms with Crippen LogP contribution in [0.2, 0.25) is 0 Å². The van der Waals surface area contributed by atoms with E-state index in [1.54, 1.807) is 0 Å². The maximum absolute atomic E-state index is 4.59. The fourth-order valence-corrected chi connectivity index (χ4v) is 0.186. The Bertz CT molecular complexity index is 43.5. The molecule has 0 heterocycles. The number of thiocarbonyl (C=S) groups is 1. The van der Waals surface area contributed by atoms with Crippen molar-refractivity contribution < 1.29 is 4.74 Å². The summed E-state index contributed by atoms with van der Waals surface area (Å²) >= 11 is 4.42. The van der Waals surface area contributed by atoms with E-state index in [1.165, 1.54) is 11.6 Å². The SMILES string of the molecule is C=COCC=S. The van der Waals surface area contributed by atoms with Gasteiger partial charge in [0, 0.05) is 5.37 Å². The summed E-state index contributed by atoms with van der Waals surface area (Å²) in [4.78, 5) is 0. The van der Waals surface area contributed by atoms with Gasteiger partial charge >= 0.3 is 0 Å². The monoisotopic (exact) mass is 102 g/mol. The molecule has 0 aliphatic heterocycles. The van der Waals surface area contributed by atoms with Crippen molar-refractivity contribution in [2.24, 2.45) is 0 Å². The maximum Gasteiger partial charge on any atom is 0.116 e. The van der Waals surface area contributed by atoms with Crippen molar-refractivity contribution in [1.82, 2.24) is 0 Å². The van der Waals surface area contributed by atoms with Gasteiger partial charge < -0.3 is 4.74 Å². The van der Waals surface area contributed by atoms with E-state index in [4.69, 9.17) is 0 Å². The predicted octanol–water partition coefficient (Wildman–Crippen LogP) is 1.15. The molecule has 0 aromatic heterocycles. The van der Waals surface area contributed by atoms with Crippen molar-refractivity contribution in [3.63, 3.8) is 0 Å². The zero-order chi connectivity index (χ0) is 4.83. The summed E-state index contributed by atoms with van der Waals surface area (Å²) < 4.78 is 4.59. The molecule has 0 aliphatic rings. The van der Waals surface area contributed by atoms with E-state index in [0.29, 0.717) is 6.61 Å². The Morgan fingerprint density at radius 2 is 2.50 bits per heavy atom. The molecule has 34 valence electrons. The van der Waals surface area contributed by atoms with Gasteiger partial charge in [-0.3, -0.25) is 0 Å². The van der Waals surface area contributed by atoms with Crippen LogP contribution in [0.25, 0.3) is 0 Å². The summed E-state index contributed by atoms with van der Waals surface area (Å²) in [6, 6.07) is 0. The smallest absolute Gasteiger partial charge is 0.116 e. The van der Waals surface area contributed by atoms with E-state index < -0.39 is 0 Å². The number of hydrogen-bond donors (Lipinski definition) is 0. The molecule has 0 radical (unpaired) electrons. The zero-order valence-corrected chi connectivity index (χ0v) is 4.20. The summed E-state index contributed by atoms with van der Waals surface area (Å²) in [5.74, 6) is 0. The third-order valence-corrected chi connectivity index (χ3v) is 0.418. The minimum absolute atomic E-state index is 0.485. The van der Waals surface area contributed by atoms with E-state index in [-0.39, 0.29) is 0 Å². The minimum Gasteiger partial charge on any atom is -0.497 e. The summed E-state index contributed by atoms with van der Waals surface area (Å²) in [5.41, 5.74) is 0. The van der Waals surface area contributed by atoms with Gasteiger partial charge in [0.25, 0.3) is 0 Å². The molecule has 0 rings (SSSR count). The Hall–Kier alpha value is -0.370. The van der Waals surface area contributed by atoms with E-state index in [2.05, 4.69) is 23.5 Å². The first-order valence-electron chi connectivity index (χ1n) is 1.58. The van der Waals surface area contributed by atoms with Crippen LogP contribution in [0.3, 0.4) is 0 Å². The molecule has 0 aliphatic carbocycles. The Labute approximate surface area is 42.6 Å². The van der Waals surface area contributed by atoms with Gasteiger partial charge in [-0.2, -0.15) is 0 Å². The number of hydrogen-bond acceptors (Lipinski definition) is 2. The highest BCUT2D eigenvalue weighted by Crippen LogP contribution is 1.66. The van der Waals surface area contributed by atoms with Crippen LogP contribution in [-0.4, -0.2) is 12.0 Å². The molecule has 6 heavy (non-hydrogen) atoms. The molecule has 0 bridgehead atoms. The van der Waals surface area contributed by atoms with Gasteiger partial charge in [0.1, 0.15) is 6.61 Å². The topological polar surface area (TPSA) is 9.23 Å². The second kappa shape index (κ2) is 4.63. The molecule has 1 nitrogen and oxygen atoms in total. The Morgan fingerprint density at radius 3 is 2.67 bits per heavy atom. The highest BCUT2D eigenvalue weighted by molar-refractivity contribution is 7.79. The third-order valence-electron chi connectivity index (χ3n) is 0.282. The van der Waals surface area contributed by atoms with Crippen molar-refractivity contribution in [3.8, 4) is 0 Å². The van der Waals surface area contributed by atoms with Gasteiger partial charge in [0.2, 0.25) is 0 Å². The van der Waals surface area contributed by atoms with E-state index in [1.807, 2.05) is 0 Å². The summed E-state index contributed by atoms with van der Waals surface area (Å²) in [5, 5.41) is 1.50. The molecule has 0 N–H and O–H groups in total. The maximum atomic E-state index is 4.59. The normalized spacial score (nSPS) is 6.67. The largest absolute Gasteiger partial charge is 0.497 e. The number of rotatable bonds is 3. The second-order valence-electron chi connectivity index (χ2n) is 0.667. The fourth-order valence-electron chi connectivity index (χ4n) is 0.107. The van der Waals surface area contributed by atoms with Crippen LogP contribution < -0.4 is 0 Å². The highest BCUT2D eigenvalue weighted by Gasteiger charge is 1.63. The van der Waals surface area contributed by atoms with Gasteiger partial charge in [0.05, 0.1) is 6.26 Å². The van der Waals surface area contributed by atoms with Crippen molar-refractivity contribution >= 4 is 17.6 Å². The van der Waals surface area contributed by atoms with Crippen molar-refractivity contribution in [3.05, 3.63) is 12.8 Å². The molecule has 2 heteroatoms. The first-order valence-corrected chi connectivity index (χ1v) is 2.05. The van der Waals surface area contributed by atoms with Crippen LogP contribution in [0.4, 0.5) is 0 Å². The van der Waals surface area contributed by atoms with E-state index in [9.17, 15) is 0 Å². The summed E-state index contributed by atoms with van der Waals surface area (Å²) in [7, 11) is 0. The summed E-state index contributed by atoms with van der Waals surface area (Å²) in [6.45, 7) is 3.79. The second-order valence-corrected chi connectivity index (χ2v) is 1.00. The minimum atomic E-state index is 0.485. The van der Waals surface area contributed by atoms with Gasteiger partial charge in [-0.1, -0.05) is 18.8 Å². The molecule has 0 saturated carbocycles. The van der Waals surface area contributed by atoms with Gasteiger partial charge in [-0.05, 0) is 0 Å². The van der Waals surface area contributed by atoms with Gasteiger partial charge in [-0.25, -0.2) is 0 Å². The molecule has 0 spiro atoms. The molecule has 0 fully saturated rings. The Morgan fingerprint density at radius 1 is 1.83 bits per heavy atom. The highest BCUT2D eigenvalue weighted by atomic mass is 32.1. The van der Waals surface area contributed by atoms with Crippen LogP contribution in [0.5, 0.6) is 0 Å². The molecular formula is C4H6OS. The molecule has 0 amide bonds. The number of ether oxygens (including phenoxy) is 1. The fraction of sp³-hybridized carbons (Fsp3) is 0.250. The lowest BCUT2D eigenvalue weighted by molar-refractivity contribution is 0.309. The van der Waals surface area contributed by atoms with Crippen molar-refractivity contribution in [1.29, 1.82) is 0 Å². The van der Waals surface area contributed by atoms with Crippen molar-refractivity contribution in [2.75, 3.05) is 6.61 Å².